The number of rotatable bonds is 5. The molecule has 2 aromatic carbocycles. The average molecular weight is 433 g/mol. The Hall–Kier alpha value is -2.69. The molecule has 3 aromatic rings. The van der Waals surface area contributed by atoms with Crippen molar-refractivity contribution < 1.29 is 17.6 Å². The van der Waals surface area contributed by atoms with E-state index in [9.17, 15) is 17.6 Å². The third kappa shape index (κ3) is 4.04. The lowest BCUT2D eigenvalue weighted by atomic mass is 10.2. The van der Waals surface area contributed by atoms with E-state index in [-0.39, 0.29) is 9.90 Å². The Bertz CT molecular complexity index is 1120. The quantitative estimate of drug-likeness (QED) is 0.667. The normalized spacial score (nSPS) is 17.3. The van der Waals surface area contributed by atoms with Gasteiger partial charge in [-0.1, -0.05) is 29.5 Å². The molecular weight excluding hydrogens is 415 g/mol. The van der Waals surface area contributed by atoms with E-state index >= 15 is 0 Å². The molecule has 150 valence electrons. The molecule has 1 unspecified atom stereocenters. The van der Waals surface area contributed by atoms with Crippen LogP contribution in [0.5, 0.6) is 0 Å². The van der Waals surface area contributed by atoms with Crippen LogP contribution in [0.15, 0.2) is 59.5 Å². The fraction of sp³-hybridized carbons (Fsp3) is 0.211. The summed E-state index contributed by atoms with van der Waals surface area (Å²) in [5.41, 5.74) is 0.635. The smallest absolute Gasteiger partial charge is 0.286 e. The van der Waals surface area contributed by atoms with Gasteiger partial charge in [0.05, 0.1) is 10.9 Å². The van der Waals surface area contributed by atoms with E-state index in [1.165, 1.54) is 16.4 Å². The number of hydrogen-bond donors (Lipinski definition) is 1. The minimum atomic E-state index is -3.81. The average Bonchev–Trinajstić information content (AvgIpc) is 3.39. The van der Waals surface area contributed by atoms with Gasteiger partial charge in [0.1, 0.15) is 10.8 Å². The Morgan fingerprint density at radius 1 is 1.10 bits per heavy atom. The van der Waals surface area contributed by atoms with Gasteiger partial charge < -0.3 is 5.32 Å². The summed E-state index contributed by atoms with van der Waals surface area (Å²) in [5, 5.41) is 11.4. The SMILES string of the molecule is O=C(Nc1ccccc1)c1nnc(C2CCCN2S(=O)(=O)c2ccc(F)cc2)s1. The number of benzene rings is 2. The van der Waals surface area contributed by atoms with E-state index in [2.05, 4.69) is 15.5 Å². The molecule has 4 rings (SSSR count). The molecule has 0 radical (unpaired) electrons. The van der Waals surface area contributed by atoms with Crippen molar-refractivity contribution in [3.05, 3.63) is 70.4 Å². The molecule has 1 N–H and O–H groups in total. The number of halogens is 1. The Labute approximate surface area is 171 Å². The van der Waals surface area contributed by atoms with E-state index in [0.717, 1.165) is 23.5 Å². The summed E-state index contributed by atoms with van der Waals surface area (Å²) >= 11 is 1.07. The summed E-state index contributed by atoms with van der Waals surface area (Å²) in [4.78, 5) is 12.4. The highest BCUT2D eigenvalue weighted by atomic mass is 32.2. The molecule has 0 saturated carbocycles. The molecule has 2 heterocycles. The molecular formula is C19H17FN4O3S2. The van der Waals surface area contributed by atoms with Crippen LogP contribution < -0.4 is 5.32 Å². The highest BCUT2D eigenvalue weighted by Gasteiger charge is 2.38. The third-order valence-corrected chi connectivity index (χ3v) is 7.52. The van der Waals surface area contributed by atoms with E-state index in [1.54, 1.807) is 24.3 Å². The Balaban J connectivity index is 1.55. The number of nitrogens with zero attached hydrogens (tertiary/aromatic N) is 3. The number of carbonyl (C=O) groups is 1. The maximum Gasteiger partial charge on any atom is 0.286 e. The number of carbonyl (C=O) groups excluding carboxylic acids is 1. The monoisotopic (exact) mass is 432 g/mol. The van der Waals surface area contributed by atoms with Crippen LogP contribution in [0.3, 0.4) is 0 Å². The van der Waals surface area contributed by atoms with Crippen LogP contribution in [0, 0.1) is 5.82 Å². The van der Waals surface area contributed by atoms with E-state index in [1.807, 2.05) is 6.07 Å². The van der Waals surface area contributed by atoms with Crippen molar-refractivity contribution in [3.8, 4) is 0 Å². The van der Waals surface area contributed by atoms with E-state index < -0.39 is 27.8 Å². The molecule has 10 heteroatoms. The lowest BCUT2D eigenvalue weighted by Crippen LogP contribution is -2.30. The largest absolute Gasteiger partial charge is 0.320 e. The van der Waals surface area contributed by atoms with Crippen LogP contribution in [0.2, 0.25) is 0 Å². The van der Waals surface area contributed by atoms with Gasteiger partial charge in [0.15, 0.2) is 0 Å². The maximum atomic E-state index is 13.2. The minimum Gasteiger partial charge on any atom is -0.320 e. The topological polar surface area (TPSA) is 92.3 Å². The standard InChI is InChI=1S/C19H17FN4O3S2/c20-13-8-10-15(11-9-13)29(26,27)24-12-4-7-16(24)18-22-23-19(28-18)17(25)21-14-5-2-1-3-6-14/h1-3,5-6,8-11,16H,4,7,12H2,(H,21,25). The number of amides is 1. The molecule has 1 fully saturated rings. The van der Waals surface area contributed by atoms with E-state index in [0.29, 0.717) is 30.1 Å². The van der Waals surface area contributed by atoms with Crippen molar-refractivity contribution in [3.63, 3.8) is 0 Å². The van der Waals surface area contributed by atoms with Crippen LogP contribution >= 0.6 is 11.3 Å². The van der Waals surface area contributed by atoms with Crippen LogP contribution in [0.25, 0.3) is 0 Å². The van der Waals surface area contributed by atoms with Crippen LogP contribution in [0.4, 0.5) is 10.1 Å². The first-order chi connectivity index (χ1) is 13.9. The Morgan fingerprint density at radius 3 is 2.55 bits per heavy atom. The third-order valence-electron chi connectivity index (χ3n) is 4.58. The zero-order valence-electron chi connectivity index (χ0n) is 15.2. The summed E-state index contributed by atoms with van der Waals surface area (Å²) in [7, 11) is -3.81. The minimum absolute atomic E-state index is 0.0253. The predicted octanol–water partition coefficient (Wildman–Crippen LogP) is 3.46. The Kier molecular flexibility index (Phi) is 5.39. The van der Waals surface area contributed by atoms with Crippen molar-refractivity contribution in [1.29, 1.82) is 0 Å². The second-order valence-corrected chi connectivity index (χ2v) is 9.39. The molecule has 0 bridgehead atoms. The van der Waals surface area contributed by atoms with Gasteiger partial charge in [-0.2, -0.15) is 4.31 Å². The van der Waals surface area contributed by atoms with Crippen molar-refractivity contribution in [2.24, 2.45) is 0 Å². The molecule has 1 amide bonds. The molecule has 1 aromatic heterocycles. The van der Waals surface area contributed by atoms with Gasteiger partial charge in [-0.25, -0.2) is 12.8 Å². The van der Waals surface area contributed by atoms with Gasteiger partial charge in [0.25, 0.3) is 5.91 Å². The number of aromatic nitrogens is 2. The first kappa shape index (κ1) is 19.6. The van der Waals surface area contributed by atoms with Gasteiger partial charge in [-0.05, 0) is 49.2 Å². The molecule has 1 atom stereocenters. The second kappa shape index (κ2) is 7.97. The molecule has 1 aliphatic rings. The number of para-hydroxylation sites is 1. The van der Waals surface area contributed by atoms with Crippen molar-refractivity contribution in [2.45, 2.75) is 23.8 Å². The molecule has 1 aliphatic heterocycles. The van der Waals surface area contributed by atoms with Crippen LogP contribution in [-0.4, -0.2) is 35.4 Å². The van der Waals surface area contributed by atoms with Gasteiger partial charge in [-0.15, -0.1) is 10.2 Å². The maximum absolute atomic E-state index is 13.2. The van der Waals surface area contributed by atoms with Crippen LogP contribution in [0.1, 0.15) is 33.7 Å². The second-order valence-electron chi connectivity index (χ2n) is 6.49. The van der Waals surface area contributed by atoms with E-state index in [4.69, 9.17) is 0 Å². The fourth-order valence-electron chi connectivity index (χ4n) is 3.18. The molecule has 1 saturated heterocycles. The van der Waals surface area contributed by atoms with Gasteiger partial charge in [0.2, 0.25) is 15.0 Å². The first-order valence-electron chi connectivity index (χ1n) is 8.92. The zero-order chi connectivity index (χ0) is 20.4. The highest BCUT2D eigenvalue weighted by Crippen LogP contribution is 2.37. The zero-order valence-corrected chi connectivity index (χ0v) is 16.8. The summed E-state index contributed by atoms with van der Waals surface area (Å²) < 4.78 is 40.5. The van der Waals surface area contributed by atoms with Crippen molar-refractivity contribution in [1.82, 2.24) is 14.5 Å². The lowest BCUT2D eigenvalue weighted by Gasteiger charge is -2.22. The summed E-state index contributed by atoms with van der Waals surface area (Å²) in [6.45, 7) is 0.329. The van der Waals surface area contributed by atoms with Gasteiger partial charge in [0, 0.05) is 12.2 Å². The van der Waals surface area contributed by atoms with Gasteiger partial charge >= 0.3 is 0 Å². The Morgan fingerprint density at radius 2 is 1.83 bits per heavy atom. The molecule has 0 spiro atoms. The number of anilines is 1. The first-order valence-corrected chi connectivity index (χ1v) is 11.2. The number of nitrogens with one attached hydrogen (secondary N) is 1. The highest BCUT2D eigenvalue weighted by molar-refractivity contribution is 7.89. The lowest BCUT2D eigenvalue weighted by molar-refractivity contribution is 0.102. The fourth-order valence-corrected chi connectivity index (χ4v) is 5.80. The van der Waals surface area contributed by atoms with Crippen molar-refractivity contribution in [2.75, 3.05) is 11.9 Å². The number of sulfonamides is 1. The molecule has 0 aliphatic carbocycles. The summed E-state index contributed by atoms with van der Waals surface area (Å²) in [6.07, 6.45) is 1.24. The van der Waals surface area contributed by atoms with Crippen molar-refractivity contribution >= 4 is 33.0 Å². The van der Waals surface area contributed by atoms with Gasteiger partial charge in [-0.3, -0.25) is 4.79 Å². The summed E-state index contributed by atoms with van der Waals surface area (Å²) in [6, 6.07) is 13.2. The van der Waals surface area contributed by atoms with Crippen LogP contribution in [-0.2, 0) is 10.0 Å². The molecule has 7 nitrogen and oxygen atoms in total. The predicted molar refractivity (Wildman–Crippen MR) is 107 cm³/mol. The number of hydrogen-bond acceptors (Lipinski definition) is 6. The summed E-state index contributed by atoms with van der Waals surface area (Å²) in [5.74, 6) is -0.897. The molecule has 29 heavy (non-hydrogen) atoms.